The van der Waals surface area contributed by atoms with Crippen LogP contribution in [0.1, 0.15) is 10.9 Å². The summed E-state index contributed by atoms with van der Waals surface area (Å²) < 4.78 is 0. The van der Waals surface area contributed by atoms with Crippen molar-refractivity contribution in [3.63, 3.8) is 0 Å². The lowest BCUT2D eigenvalue weighted by atomic mass is 10.2. The quantitative estimate of drug-likeness (QED) is 0.794. The Bertz CT molecular complexity index is 510. The zero-order valence-electron chi connectivity index (χ0n) is 9.23. The summed E-state index contributed by atoms with van der Waals surface area (Å²) in [5.41, 5.74) is 2.49. The van der Waals surface area contributed by atoms with E-state index in [1.807, 2.05) is 42.4 Å². The Labute approximate surface area is 105 Å². The molecule has 2 heterocycles. The Hall–Kier alpha value is -1.74. The first kappa shape index (κ1) is 10.4. The van der Waals surface area contributed by atoms with Crippen LogP contribution in [-0.4, -0.2) is 4.98 Å². The van der Waals surface area contributed by atoms with Crippen molar-refractivity contribution in [3.8, 4) is 0 Å². The number of pyridine rings is 1. The highest BCUT2D eigenvalue weighted by molar-refractivity contribution is 8.02. The lowest BCUT2D eigenvalue weighted by Crippen LogP contribution is -2.16. The maximum absolute atomic E-state index is 4.06. The predicted octanol–water partition coefficient (Wildman–Crippen LogP) is 3.80. The molecule has 0 bridgehead atoms. The maximum atomic E-state index is 4.06. The van der Waals surface area contributed by atoms with Crippen molar-refractivity contribution in [3.05, 3.63) is 72.0 Å². The van der Waals surface area contributed by atoms with Gasteiger partial charge in [-0.15, -0.1) is 11.8 Å². The molecule has 1 aliphatic rings. The molecule has 1 aliphatic heterocycles. The van der Waals surface area contributed by atoms with Crippen molar-refractivity contribution < 1.29 is 0 Å². The lowest BCUT2D eigenvalue weighted by molar-refractivity contribution is 0.955. The summed E-state index contributed by atoms with van der Waals surface area (Å²) in [5, 5.41) is 2.47. The molecule has 1 aromatic carbocycles. The Morgan fingerprint density at radius 3 is 2.53 bits per heavy atom. The molecule has 17 heavy (non-hydrogen) atoms. The van der Waals surface area contributed by atoms with Gasteiger partial charge >= 0.3 is 0 Å². The fourth-order valence-electron chi connectivity index (χ4n) is 1.91. The number of thioether (sulfide) groups is 1. The minimum absolute atomic E-state index is 0.332. The van der Waals surface area contributed by atoms with Crippen LogP contribution < -0.4 is 4.90 Å². The largest absolute Gasteiger partial charge is 0.330 e. The molecule has 2 nitrogen and oxygen atoms in total. The molecule has 0 saturated heterocycles. The third-order valence-electron chi connectivity index (χ3n) is 2.73. The number of benzene rings is 1. The minimum Gasteiger partial charge on any atom is -0.330 e. The highest BCUT2D eigenvalue weighted by Crippen LogP contribution is 2.41. The molecule has 0 amide bonds. The van der Waals surface area contributed by atoms with E-state index in [0.29, 0.717) is 5.37 Å². The van der Waals surface area contributed by atoms with Gasteiger partial charge in [0.25, 0.3) is 0 Å². The van der Waals surface area contributed by atoms with Crippen LogP contribution in [0.5, 0.6) is 0 Å². The van der Waals surface area contributed by atoms with E-state index < -0.39 is 0 Å². The lowest BCUT2D eigenvalue weighted by Gasteiger charge is -2.24. The second kappa shape index (κ2) is 4.63. The van der Waals surface area contributed by atoms with Gasteiger partial charge in [0.1, 0.15) is 5.37 Å². The van der Waals surface area contributed by atoms with E-state index in [1.165, 1.54) is 11.3 Å². The van der Waals surface area contributed by atoms with Crippen LogP contribution in [0.4, 0.5) is 5.69 Å². The molecule has 3 heteroatoms. The van der Waals surface area contributed by atoms with Crippen molar-refractivity contribution in [1.82, 2.24) is 4.98 Å². The van der Waals surface area contributed by atoms with Gasteiger partial charge in [-0.1, -0.05) is 30.3 Å². The average molecular weight is 240 g/mol. The molecule has 0 N–H and O–H groups in total. The van der Waals surface area contributed by atoms with Gasteiger partial charge in [-0.05, 0) is 23.1 Å². The summed E-state index contributed by atoms with van der Waals surface area (Å²) in [5.74, 6) is 0. The number of aromatic nitrogens is 1. The molecule has 0 fully saturated rings. The first-order valence-electron chi connectivity index (χ1n) is 5.50. The second-order valence-corrected chi connectivity index (χ2v) is 4.79. The summed E-state index contributed by atoms with van der Waals surface area (Å²) in [6.45, 7) is 0. The van der Waals surface area contributed by atoms with E-state index in [0.717, 1.165) is 0 Å². The number of anilines is 1. The topological polar surface area (TPSA) is 16.1 Å². The molecule has 0 saturated carbocycles. The standard InChI is InChI=1S/C14H12N2S/c1-2-4-12(5-3-1)14-16(10-11-17-14)13-6-8-15-9-7-13/h1-11,14H. The Kier molecular flexibility index (Phi) is 2.84. The fraction of sp³-hybridized carbons (Fsp3) is 0.0714. The van der Waals surface area contributed by atoms with Crippen molar-refractivity contribution in [1.29, 1.82) is 0 Å². The van der Waals surface area contributed by atoms with E-state index in [4.69, 9.17) is 0 Å². The molecule has 0 radical (unpaired) electrons. The van der Waals surface area contributed by atoms with E-state index >= 15 is 0 Å². The summed E-state index contributed by atoms with van der Waals surface area (Å²) >= 11 is 1.82. The van der Waals surface area contributed by atoms with Gasteiger partial charge in [0.2, 0.25) is 0 Å². The Morgan fingerprint density at radius 2 is 1.76 bits per heavy atom. The molecule has 0 aliphatic carbocycles. The average Bonchev–Trinajstić information content (AvgIpc) is 2.90. The molecule has 1 aromatic heterocycles. The summed E-state index contributed by atoms with van der Waals surface area (Å²) in [4.78, 5) is 6.32. The van der Waals surface area contributed by atoms with Crippen molar-refractivity contribution >= 4 is 17.4 Å². The third-order valence-corrected chi connectivity index (χ3v) is 3.76. The third kappa shape index (κ3) is 2.06. The van der Waals surface area contributed by atoms with Crippen LogP contribution in [0.15, 0.2) is 66.5 Å². The van der Waals surface area contributed by atoms with Gasteiger partial charge in [-0.25, -0.2) is 0 Å². The first-order valence-corrected chi connectivity index (χ1v) is 6.45. The predicted molar refractivity (Wildman–Crippen MR) is 72.6 cm³/mol. The molecule has 2 aromatic rings. The molecule has 0 spiro atoms. The zero-order chi connectivity index (χ0) is 11.5. The summed E-state index contributed by atoms with van der Waals surface area (Å²) in [7, 11) is 0. The van der Waals surface area contributed by atoms with Crippen molar-refractivity contribution in [2.45, 2.75) is 5.37 Å². The maximum Gasteiger partial charge on any atom is 0.109 e. The second-order valence-electron chi connectivity index (χ2n) is 3.80. The molecule has 1 unspecified atom stereocenters. The SMILES string of the molecule is C1=CN(c2ccncc2)C(c2ccccc2)S1. The highest BCUT2D eigenvalue weighted by atomic mass is 32.2. The van der Waals surface area contributed by atoms with Gasteiger partial charge in [-0.3, -0.25) is 4.98 Å². The van der Waals surface area contributed by atoms with Crippen molar-refractivity contribution in [2.24, 2.45) is 0 Å². The van der Waals surface area contributed by atoms with Crippen LogP contribution in [0.25, 0.3) is 0 Å². The Morgan fingerprint density at radius 1 is 1.00 bits per heavy atom. The van der Waals surface area contributed by atoms with Crippen LogP contribution in [0.3, 0.4) is 0 Å². The molecular weight excluding hydrogens is 228 g/mol. The minimum atomic E-state index is 0.332. The molecule has 84 valence electrons. The number of rotatable bonds is 2. The smallest absolute Gasteiger partial charge is 0.109 e. The van der Waals surface area contributed by atoms with Crippen LogP contribution in [0.2, 0.25) is 0 Å². The van der Waals surface area contributed by atoms with Gasteiger partial charge in [0.15, 0.2) is 0 Å². The number of hydrogen-bond donors (Lipinski definition) is 0. The van der Waals surface area contributed by atoms with Gasteiger partial charge in [-0.2, -0.15) is 0 Å². The fourth-order valence-corrected chi connectivity index (χ4v) is 2.90. The summed E-state index contributed by atoms with van der Waals surface area (Å²) in [6, 6.07) is 14.6. The normalized spacial score (nSPS) is 18.6. The highest BCUT2D eigenvalue weighted by Gasteiger charge is 2.22. The van der Waals surface area contributed by atoms with E-state index in [-0.39, 0.29) is 0 Å². The summed E-state index contributed by atoms with van der Waals surface area (Å²) in [6.07, 6.45) is 5.78. The van der Waals surface area contributed by atoms with Crippen molar-refractivity contribution in [2.75, 3.05) is 4.90 Å². The monoisotopic (exact) mass is 240 g/mol. The van der Waals surface area contributed by atoms with Gasteiger partial charge in [0.05, 0.1) is 0 Å². The van der Waals surface area contributed by atoms with E-state index in [9.17, 15) is 0 Å². The van der Waals surface area contributed by atoms with Gasteiger partial charge < -0.3 is 4.90 Å². The number of nitrogens with zero attached hydrogens (tertiary/aromatic N) is 2. The first-order chi connectivity index (χ1) is 8.45. The molecule has 3 rings (SSSR count). The van der Waals surface area contributed by atoms with E-state index in [1.54, 1.807) is 0 Å². The van der Waals surface area contributed by atoms with Crippen LogP contribution >= 0.6 is 11.8 Å². The van der Waals surface area contributed by atoms with E-state index in [2.05, 4.69) is 45.8 Å². The Balaban J connectivity index is 1.93. The van der Waals surface area contributed by atoms with Crippen LogP contribution in [-0.2, 0) is 0 Å². The van der Waals surface area contributed by atoms with Crippen LogP contribution in [0, 0.1) is 0 Å². The number of hydrogen-bond acceptors (Lipinski definition) is 3. The van der Waals surface area contributed by atoms with Gasteiger partial charge in [0, 0.05) is 24.3 Å². The molecule has 1 atom stereocenters. The molecular formula is C14H12N2S. The zero-order valence-corrected chi connectivity index (χ0v) is 10.0.